The fourth-order valence-corrected chi connectivity index (χ4v) is 3.48. The molecule has 148 valence electrons. The minimum atomic E-state index is -0.335. The molecule has 0 amide bonds. The van der Waals surface area contributed by atoms with Crippen molar-refractivity contribution in [2.45, 2.75) is 0 Å². The molecule has 1 aliphatic heterocycles. The number of nitrogens with one attached hydrogen (secondary N) is 1. The van der Waals surface area contributed by atoms with Crippen LogP contribution in [0.1, 0.15) is 10.5 Å². The fraction of sp³-hybridized carbons (Fsp3) is 0.400. The normalized spacial score (nSPS) is 15.4. The Labute approximate surface area is 172 Å². The molecule has 2 aromatic rings. The second kappa shape index (κ2) is 9.24. The minimum absolute atomic E-state index is 0.0811. The van der Waals surface area contributed by atoms with Gasteiger partial charge in [0.25, 0.3) is 0 Å². The van der Waals surface area contributed by atoms with Crippen LogP contribution >= 0.6 is 15.9 Å². The number of H-pyrrole nitrogens is 1. The summed E-state index contributed by atoms with van der Waals surface area (Å²) in [4.78, 5) is 19.7. The number of hydrogen-bond acceptors (Lipinski definition) is 6. The Morgan fingerprint density at radius 1 is 1.39 bits per heavy atom. The van der Waals surface area contributed by atoms with E-state index in [1.807, 2.05) is 18.2 Å². The van der Waals surface area contributed by atoms with Crippen molar-refractivity contribution < 1.29 is 14.3 Å². The molecular weight excluding hydrogens is 424 g/mol. The number of morpholine rings is 1. The zero-order valence-corrected chi connectivity index (χ0v) is 17.6. The number of hydrogen-bond donors (Lipinski definition) is 1. The van der Waals surface area contributed by atoms with Gasteiger partial charge in [0, 0.05) is 50.8 Å². The number of ketones is 1. The molecule has 0 aliphatic carbocycles. The molecule has 1 fully saturated rings. The largest absolute Gasteiger partial charge is 0.491 e. The minimum Gasteiger partial charge on any atom is -0.491 e. The molecule has 28 heavy (non-hydrogen) atoms. The zero-order chi connectivity index (χ0) is 20.1. The van der Waals surface area contributed by atoms with Gasteiger partial charge in [-0.25, -0.2) is 0 Å². The predicted molar refractivity (Wildman–Crippen MR) is 110 cm³/mol. The Morgan fingerprint density at radius 2 is 2.14 bits per heavy atom. The highest BCUT2D eigenvalue weighted by Gasteiger charge is 2.17. The number of Topliss-reactive ketones (excluding diaryl/α,β-unsaturated/α-hetero) is 1. The van der Waals surface area contributed by atoms with Crippen LogP contribution < -0.4 is 4.74 Å². The Bertz CT molecular complexity index is 923. The number of carbonyl (C=O) groups excluding carboxylic acids is 1. The summed E-state index contributed by atoms with van der Waals surface area (Å²) < 4.78 is 12.1. The average Bonchev–Trinajstić information content (AvgIpc) is 3.09. The number of aromatic nitrogens is 1. The van der Waals surface area contributed by atoms with Crippen molar-refractivity contribution in [3.63, 3.8) is 0 Å². The van der Waals surface area contributed by atoms with Crippen LogP contribution in [0.3, 0.4) is 0 Å². The Morgan fingerprint density at radius 3 is 2.82 bits per heavy atom. The van der Waals surface area contributed by atoms with Gasteiger partial charge in [-0.15, -0.1) is 0 Å². The van der Waals surface area contributed by atoms with Crippen LogP contribution in [0.4, 0.5) is 0 Å². The molecule has 7 nitrogen and oxygen atoms in total. The van der Waals surface area contributed by atoms with E-state index < -0.39 is 0 Å². The van der Waals surface area contributed by atoms with E-state index in [4.69, 9.17) is 9.47 Å². The molecule has 3 rings (SSSR count). The third kappa shape index (κ3) is 4.93. The zero-order valence-electron chi connectivity index (χ0n) is 16.0. The van der Waals surface area contributed by atoms with Gasteiger partial charge < -0.3 is 19.4 Å². The van der Waals surface area contributed by atoms with E-state index in [0.717, 1.165) is 54.0 Å². The lowest BCUT2D eigenvalue weighted by molar-refractivity contribution is 0.0322. The summed E-state index contributed by atoms with van der Waals surface area (Å²) in [5, 5.41) is 10.1. The average molecular weight is 447 g/mol. The molecule has 0 radical (unpaired) electrons. The molecule has 0 atom stereocenters. The molecule has 1 aliphatic rings. The first kappa shape index (κ1) is 20.4. The third-order valence-corrected chi connectivity index (χ3v) is 5.06. The van der Waals surface area contributed by atoms with Crippen molar-refractivity contribution in [1.29, 1.82) is 5.26 Å². The van der Waals surface area contributed by atoms with Crippen molar-refractivity contribution in [3.8, 4) is 11.8 Å². The van der Waals surface area contributed by atoms with Gasteiger partial charge in [0.1, 0.15) is 24.0 Å². The summed E-state index contributed by atoms with van der Waals surface area (Å²) in [5.74, 6) is 0.390. The topological polar surface area (TPSA) is 81.6 Å². The van der Waals surface area contributed by atoms with Gasteiger partial charge in [0.15, 0.2) is 0 Å². The maximum absolute atomic E-state index is 12.6. The van der Waals surface area contributed by atoms with Crippen molar-refractivity contribution in [1.82, 2.24) is 14.8 Å². The van der Waals surface area contributed by atoms with E-state index in [2.05, 4.69) is 25.8 Å². The summed E-state index contributed by atoms with van der Waals surface area (Å²) in [7, 11) is 3.54. The van der Waals surface area contributed by atoms with Crippen LogP contribution in [-0.2, 0) is 4.74 Å². The van der Waals surface area contributed by atoms with Gasteiger partial charge in [0.2, 0.25) is 5.78 Å². The number of benzene rings is 1. The van der Waals surface area contributed by atoms with Gasteiger partial charge in [0.05, 0.1) is 23.4 Å². The van der Waals surface area contributed by atoms with Crippen LogP contribution in [0, 0.1) is 11.3 Å². The second-order valence-corrected chi connectivity index (χ2v) is 7.66. The van der Waals surface area contributed by atoms with E-state index in [-0.39, 0.29) is 11.4 Å². The molecule has 2 heterocycles. The second-order valence-electron chi connectivity index (χ2n) is 6.80. The fourth-order valence-electron chi connectivity index (χ4n) is 3.02. The van der Waals surface area contributed by atoms with Crippen molar-refractivity contribution in [2.24, 2.45) is 0 Å². The first-order valence-corrected chi connectivity index (χ1v) is 9.85. The van der Waals surface area contributed by atoms with Crippen LogP contribution in [-0.4, -0.2) is 74.1 Å². The number of fused-ring (bicyclic) bond motifs is 1. The standard InChI is InChI=1S/C20H23BrN4O3/c1-24(2)13-15(12-22)20(26)18-9-14-10-19(16(21)11-17(14)23-18)28-8-5-25-3-6-27-7-4-25/h9-11,13,23H,3-8H2,1-2H3/b15-13+. The van der Waals surface area contributed by atoms with E-state index in [9.17, 15) is 10.1 Å². The smallest absolute Gasteiger partial charge is 0.221 e. The Hall–Kier alpha value is -2.34. The lowest BCUT2D eigenvalue weighted by Crippen LogP contribution is -2.38. The lowest BCUT2D eigenvalue weighted by Gasteiger charge is -2.26. The number of halogens is 1. The highest BCUT2D eigenvalue weighted by atomic mass is 79.9. The van der Waals surface area contributed by atoms with Gasteiger partial charge >= 0.3 is 0 Å². The third-order valence-electron chi connectivity index (χ3n) is 4.44. The predicted octanol–water partition coefficient (Wildman–Crippen LogP) is 2.79. The number of nitriles is 1. The number of aromatic amines is 1. The van der Waals surface area contributed by atoms with Gasteiger partial charge in [-0.2, -0.15) is 5.26 Å². The van der Waals surface area contributed by atoms with E-state index in [1.165, 1.54) is 6.20 Å². The highest BCUT2D eigenvalue weighted by molar-refractivity contribution is 9.10. The molecule has 1 N–H and O–H groups in total. The van der Waals surface area contributed by atoms with Gasteiger partial charge in [-0.1, -0.05) is 0 Å². The van der Waals surface area contributed by atoms with Gasteiger partial charge in [-0.05, 0) is 34.1 Å². The van der Waals surface area contributed by atoms with Crippen molar-refractivity contribution >= 4 is 32.6 Å². The molecule has 0 unspecified atom stereocenters. The molecular formula is C20H23BrN4O3. The first-order chi connectivity index (χ1) is 13.5. The van der Waals surface area contributed by atoms with Crippen LogP contribution in [0.2, 0.25) is 0 Å². The van der Waals surface area contributed by atoms with Crippen LogP contribution in [0.15, 0.2) is 34.4 Å². The molecule has 8 heteroatoms. The molecule has 0 spiro atoms. The molecule has 1 saturated heterocycles. The number of nitrogens with zero attached hydrogens (tertiary/aromatic N) is 3. The quantitative estimate of drug-likeness (QED) is 0.400. The van der Waals surface area contributed by atoms with Crippen LogP contribution in [0.5, 0.6) is 5.75 Å². The Balaban J connectivity index is 1.74. The number of rotatable bonds is 7. The molecule has 0 bridgehead atoms. The maximum Gasteiger partial charge on any atom is 0.221 e. The number of allylic oxidation sites excluding steroid dienone is 1. The SMILES string of the molecule is CN(C)/C=C(\C#N)C(=O)c1cc2cc(OCCN3CCOCC3)c(Br)cc2[nH]1. The highest BCUT2D eigenvalue weighted by Crippen LogP contribution is 2.31. The van der Waals surface area contributed by atoms with E-state index >= 15 is 0 Å². The van der Waals surface area contributed by atoms with Crippen LogP contribution in [0.25, 0.3) is 10.9 Å². The summed E-state index contributed by atoms with van der Waals surface area (Å²) in [6.07, 6.45) is 1.52. The van der Waals surface area contributed by atoms with Gasteiger partial charge in [-0.3, -0.25) is 9.69 Å². The van der Waals surface area contributed by atoms with Crippen molar-refractivity contribution in [2.75, 3.05) is 53.6 Å². The lowest BCUT2D eigenvalue weighted by atomic mass is 10.1. The summed E-state index contributed by atoms with van der Waals surface area (Å²) in [6, 6.07) is 7.49. The van der Waals surface area contributed by atoms with E-state index in [1.54, 1.807) is 25.1 Å². The number of ether oxygens (including phenoxy) is 2. The summed E-state index contributed by atoms with van der Waals surface area (Å²) >= 11 is 3.53. The van der Waals surface area contributed by atoms with E-state index in [0.29, 0.717) is 12.3 Å². The molecule has 1 aromatic heterocycles. The number of carbonyl (C=O) groups is 1. The maximum atomic E-state index is 12.6. The van der Waals surface area contributed by atoms with Crippen molar-refractivity contribution in [3.05, 3.63) is 40.1 Å². The first-order valence-electron chi connectivity index (χ1n) is 9.06. The molecule has 0 saturated carbocycles. The monoisotopic (exact) mass is 446 g/mol. The molecule has 1 aromatic carbocycles. The Kier molecular flexibility index (Phi) is 6.73. The summed E-state index contributed by atoms with van der Waals surface area (Å²) in [6.45, 7) is 4.80. The summed E-state index contributed by atoms with van der Waals surface area (Å²) in [5.41, 5.74) is 1.26.